The van der Waals surface area contributed by atoms with Crippen LogP contribution in [0.5, 0.6) is 5.88 Å². The molecule has 2 aliphatic heterocycles. The van der Waals surface area contributed by atoms with Gasteiger partial charge >= 0.3 is 0 Å². The van der Waals surface area contributed by atoms with Gasteiger partial charge in [-0.15, -0.1) is 0 Å². The molecule has 2 fully saturated rings. The van der Waals surface area contributed by atoms with Crippen molar-refractivity contribution in [1.29, 1.82) is 0 Å². The SMILES string of the molecule is C[C@@H]1CN(C(=O)c2ccnc(O[C@@H]3CCOC3)c2)[C@@H]1c1ccccc1. The van der Waals surface area contributed by atoms with Crippen LogP contribution in [-0.2, 0) is 4.74 Å². The molecule has 4 rings (SSSR count). The molecule has 0 bridgehead atoms. The van der Waals surface area contributed by atoms with Crippen LogP contribution in [0.25, 0.3) is 0 Å². The molecular weight excluding hydrogens is 316 g/mol. The van der Waals surface area contributed by atoms with Crippen molar-refractivity contribution in [2.75, 3.05) is 19.8 Å². The Morgan fingerprint density at radius 1 is 1.28 bits per heavy atom. The third-order valence-electron chi connectivity index (χ3n) is 4.92. The first-order valence-corrected chi connectivity index (χ1v) is 8.79. The van der Waals surface area contributed by atoms with Crippen molar-refractivity contribution in [3.05, 3.63) is 59.8 Å². The summed E-state index contributed by atoms with van der Waals surface area (Å²) in [6.07, 6.45) is 2.53. The van der Waals surface area contributed by atoms with E-state index >= 15 is 0 Å². The zero-order valence-electron chi connectivity index (χ0n) is 14.3. The second-order valence-corrected chi connectivity index (χ2v) is 6.78. The molecule has 0 radical (unpaired) electrons. The van der Waals surface area contributed by atoms with E-state index in [2.05, 4.69) is 24.0 Å². The molecule has 1 aromatic heterocycles. The summed E-state index contributed by atoms with van der Waals surface area (Å²) in [5.74, 6) is 0.979. The van der Waals surface area contributed by atoms with E-state index in [1.165, 1.54) is 5.56 Å². The van der Waals surface area contributed by atoms with Crippen molar-refractivity contribution in [3.8, 4) is 5.88 Å². The molecule has 3 heterocycles. The third kappa shape index (κ3) is 3.24. The number of amides is 1. The molecule has 0 saturated carbocycles. The monoisotopic (exact) mass is 338 g/mol. The lowest BCUT2D eigenvalue weighted by molar-refractivity contribution is 0.0197. The van der Waals surface area contributed by atoms with Crippen LogP contribution in [0.15, 0.2) is 48.7 Å². The van der Waals surface area contributed by atoms with Gasteiger partial charge in [-0.25, -0.2) is 4.98 Å². The normalized spacial score (nSPS) is 25.5. The molecular formula is C20H22N2O3. The van der Waals surface area contributed by atoms with Crippen LogP contribution in [0.1, 0.15) is 35.3 Å². The summed E-state index contributed by atoms with van der Waals surface area (Å²) in [7, 11) is 0. The highest BCUT2D eigenvalue weighted by molar-refractivity contribution is 5.95. The average Bonchev–Trinajstić information content (AvgIpc) is 3.13. The minimum absolute atomic E-state index is 0.0268. The zero-order valence-corrected chi connectivity index (χ0v) is 14.3. The summed E-state index contributed by atoms with van der Waals surface area (Å²) in [6, 6.07) is 13.8. The Bertz CT molecular complexity index is 744. The summed E-state index contributed by atoms with van der Waals surface area (Å²) in [6.45, 7) is 4.25. The number of rotatable bonds is 4. The molecule has 2 aromatic rings. The maximum atomic E-state index is 13.0. The lowest BCUT2D eigenvalue weighted by atomic mass is 9.84. The van der Waals surface area contributed by atoms with E-state index in [0.717, 1.165) is 13.0 Å². The molecule has 0 spiro atoms. The lowest BCUT2D eigenvalue weighted by Gasteiger charge is -2.47. The highest BCUT2D eigenvalue weighted by atomic mass is 16.5. The van der Waals surface area contributed by atoms with Crippen LogP contribution in [0.4, 0.5) is 0 Å². The summed E-state index contributed by atoms with van der Waals surface area (Å²) >= 11 is 0. The maximum Gasteiger partial charge on any atom is 0.254 e. The second-order valence-electron chi connectivity index (χ2n) is 6.78. The molecule has 1 amide bonds. The van der Waals surface area contributed by atoms with Crippen LogP contribution in [-0.4, -0.2) is 41.7 Å². The first-order valence-electron chi connectivity index (χ1n) is 8.79. The summed E-state index contributed by atoms with van der Waals surface area (Å²) in [5.41, 5.74) is 1.81. The predicted octanol–water partition coefficient (Wildman–Crippen LogP) is 3.08. The molecule has 2 saturated heterocycles. The second kappa shape index (κ2) is 6.84. The Morgan fingerprint density at radius 2 is 2.12 bits per heavy atom. The van der Waals surface area contributed by atoms with Crippen LogP contribution in [0, 0.1) is 5.92 Å². The molecule has 2 aliphatic rings. The van der Waals surface area contributed by atoms with E-state index in [-0.39, 0.29) is 18.1 Å². The minimum Gasteiger partial charge on any atom is -0.472 e. The molecule has 1 aromatic carbocycles. The number of carbonyl (C=O) groups is 1. The molecule has 3 atom stereocenters. The molecule has 0 N–H and O–H groups in total. The lowest BCUT2D eigenvalue weighted by Crippen LogP contribution is -2.51. The number of pyridine rings is 1. The number of aromatic nitrogens is 1. The molecule has 5 nitrogen and oxygen atoms in total. The fourth-order valence-electron chi connectivity index (χ4n) is 3.61. The summed E-state index contributed by atoms with van der Waals surface area (Å²) < 4.78 is 11.1. The number of carbonyl (C=O) groups excluding carboxylic acids is 1. The molecule has 130 valence electrons. The fraction of sp³-hybridized carbons (Fsp3) is 0.400. The van der Waals surface area contributed by atoms with Crippen LogP contribution < -0.4 is 4.74 Å². The van der Waals surface area contributed by atoms with Gasteiger partial charge in [0.2, 0.25) is 5.88 Å². The van der Waals surface area contributed by atoms with Gasteiger partial charge in [-0.3, -0.25) is 4.79 Å². The van der Waals surface area contributed by atoms with Gasteiger partial charge in [0.15, 0.2) is 0 Å². The maximum absolute atomic E-state index is 13.0. The number of ether oxygens (including phenoxy) is 2. The van der Waals surface area contributed by atoms with Gasteiger partial charge in [-0.2, -0.15) is 0 Å². The van der Waals surface area contributed by atoms with Gasteiger partial charge in [-0.1, -0.05) is 37.3 Å². The Labute approximate surface area is 147 Å². The first-order chi connectivity index (χ1) is 12.2. The predicted molar refractivity (Wildman–Crippen MR) is 93.5 cm³/mol. The van der Waals surface area contributed by atoms with Crippen molar-refractivity contribution in [3.63, 3.8) is 0 Å². The third-order valence-corrected chi connectivity index (χ3v) is 4.92. The Hall–Kier alpha value is -2.40. The molecule has 5 heteroatoms. The van der Waals surface area contributed by atoms with Crippen LogP contribution in [0.2, 0.25) is 0 Å². The largest absolute Gasteiger partial charge is 0.472 e. The molecule has 0 unspecified atom stereocenters. The van der Waals surface area contributed by atoms with Gasteiger partial charge in [0.05, 0.1) is 19.3 Å². The van der Waals surface area contributed by atoms with Crippen molar-refractivity contribution in [2.24, 2.45) is 5.92 Å². The quantitative estimate of drug-likeness (QED) is 0.860. The number of hydrogen-bond acceptors (Lipinski definition) is 4. The Morgan fingerprint density at radius 3 is 2.84 bits per heavy atom. The van der Waals surface area contributed by atoms with Gasteiger partial charge in [0.25, 0.3) is 5.91 Å². The van der Waals surface area contributed by atoms with E-state index in [1.807, 2.05) is 23.1 Å². The molecule has 0 aliphatic carbocycles. The van der Waals surface area contributed by atoms with Gasteiger partial charge in [0.1, 0.15) is 6.10 Å². The minimum atomic E-state index is 0.0268. The van der Waals surface area contributed by atoms with Gasteiger partial charge in [0, 0.05) is 30.8 Å². The zero-order chi connectivity index (χ0) is 17.2. The highest BCUT2D eigenvalue weighted by Crippen LogP contribution is 2.39. The first kappa shape index (κ1) is 16.1. The summed E-state index contributed by atoms with van der Waals surface area (Å²) in [4.78, 5) is 19.1. The van der Waals surface area contributed by atoms with Crippen LogP contribution >= 0.6 is 0 Å². The number of likely N-dealkylation sites (tertiary alicyclic amines) is 1. The Kier molecular flexibility index (Phi) is 4.40. The molecule has 25 heavy (non-hydrogen) atoms. The van der Waals surface area contributed by atoms with E-state index in [4.69, 9.17) is 9.47 Å². The van der Waals surface area contributed by atoms with Crippen LogP contribution in [0.3, 0.4) is 0 Å². The number of benzene rings is 1. The smallest absolute Gasteiger partial charge is 0.254 e. The Balaban J connectivity index is 1.50. The highest BCUT2D eigenvalue weighted by Gasteiger charge is 2.40. The van der Waals surface area contributed by atoms with Gasteiger partial charge in [-0.05, 0) is 17.5 Å². The van der Waals surface area contributed by atoms with Crippen molar-refractivity contribution < 1.29 is 14.3 Å². The van der Waals surface area contributed by atoms with Crippen molar-refractivity contribution in [2.45, 2.75) is 25.5 Å². The van der Waals surface area contributed by atoms with Crippen molar-refractivity contribution in [1.82, 2.24) is 9.88 Å². The topological polar surface area (TPSA) is 51.7 Å². The summed E-state index contributed by atoms with van der Waals surface area (Å²) in [5, 5.41) is 0. The van der Waals surface area contributed by atoms with Crippen molar-refractivity contribution >= 4 is 5.91 Å². The number of hydrogen-bond donors (Lipinski definition) is 0. The van der Waals surface area contributed by atoms with E-state index in [1.54, 1.807) is 18.3 Å². The van der Waals surface area contributed by atoms with Gasteiger partial charge < -0.3 is 14.4 Å². The van der Waals surface area contributed by atoms with E-state index in [9.17, 15) is 4.79 Å². The standard InChI is InChI=1S/C20H22N2O3/c1-14-12-22(19(14)15-5-3-2-4-6-15)20(23)16-7-9-21-18(11-16)25-17-8-10-24-13-17/h2-7,9,11,14,17,19H,8,10,12-13H2,1H3/t14-,17-,19+/m1/s1. The number of nitrogens with zero attached hydrogens (tertiary/aromatic N) is 2. The fourth-order valence-corrected chi connectivity index (χ4v) is 3.61. The van der Waals surface area contributed by atoms with E-state index in [0.29, 0.717) is 30.6 Å². The van der Waals surface area contributed by atoms with E-state index < -0.39 is 0 Å². The average molecular weight is 338 g/mol.